The molecule has 0 radical (unpaired) electrons. The molecule has 25 heavy (non-hydrogen) atoms. The fourth-order valence-electron chi connectivity index (χ4n) is 2.20. The van der Waals surface area contributed by atoms with Crippen molar-refractivity contribution in [1.29, 1.82) is 0 Å². The third-order valence-corrected chi connectivity index (χ3v) is 4.44. The van der Waals surface area contributed by atoms with Gasteiger partial charge in [-0.05, 0) is 42.9 Å². The second-order valence-electron chi connectivity index (χ2n) is 4.79. The SMILES string of the molecule is CCOC(=O)/C=c1\[nH]c(=S)s\c1=C/c1cc(OC)c(OC)c(OC)c1. The Labute approximate surface area is 154 Å². The van der Waals surface area contributed by atoms with Gasteiger partial charge in [0.1, 0.15) is 0 Å². The third-order valence-electron chi connectivity index (χ3n) is 3.24. The predicted octanol–water partition coefficient (Wildman–Crippen LogP) is 2.00. The molecule has 0 amide bonds. The highest BCUT2D eigenvalue weighted by molar-refractivity contribution is 7.73. The van der Waals surface area contributed by atoms with Crippen molar-refractivity contribution < 1.29 is 23.7 Å². The molecule has 2 rings (SSSR count). The molecule has 1 aromatic carbocycles. The Bertz CT molecular complexity index is 904. The van der Waals surface area contributed by atoms with E-state index in [9.17, 15) is 4.79 Å². The van der Waals surface area contributed by atoms with Gasteiger partial charge in [-0.3, -0.25) is 0 Å². The largest absolute Gasteiger partial charge is 0.493 e. The van der Waals surface area contributed by atoms with E-state index < -0.39 is 5.97 Å². The molecule has 0 aliphatic heterocycles. The number of carbonyl (C=O) groups excluding carboxylic acids is 1. The van der Waals surface area contributed by atoms with Crippen molar-refractivity contribution in [1.82, 2.24) is 4.98 Å². The van der Waals surface area contributed by atoms with Crippen LogP contribution in [0.25, 0.3) is 12.2 Å². The summed E-state index contributed by atoms with van der Waals surface area (Å²) >= 11 is 6.55. The summed E-state index contributed by atoms with van der Waals surface area (Å²) in [7, 11) is 4.66. The first-order valence-corrected chi connectivity index (χ1v) is 8.64. The Morgan fingerprint density at radius 3 is 2.36 bits per heavy atom. The summed E-state index contributed by atoms with van der Waals surface area (Å²) in [5.74, 6) is 1.18. The smallest absolute Gasteiger partial charge is 0.332 e. The Kier molecular flexibility index (Phi) is 6.60. The van der Waals surface area contributed by atoms with E-state index in [0.29, 0.717) is 33.2 Å². The summed E-state index contributed by atoms with van der Waals surface area (Å²) in [6.07, 6.45) is 3.27. The number of ether oxygens (including phenoxy) is 4. The van der Waals surface area contributed by atoms with Crippen LogP contribution in [0.2, 0.25) is 0 Å². The van der Waals surface area contributed by atoms with Gasteiger partial charge in [0, 0.05) is 6.08 Å². The molecule has 0 fully saturated rings. The van der Waals surface area contributed by atoms with E-state index in [1.54, 1.807) is 28.3 Å². The normalized spacial score (nSPS) is 12.2. The number of methoxy groups -OCH3 is 3. The number of hydrogen-bond acceptors (Lipinski definition) is 7. The number of aromatic amines is 1. The summed E-state index contributed by atoms with van der Waals surface area (Å²) < 4.78 is 22.3. The van der Waals surface area contributed by atoms with Crippen LogP contribution in [0.4, 0.5) is 0 Å². The topological polar surface area (TPSA) is 69.8 Å². The van der Waals surface area contributed by atoms with Gasteiger partial charge in [-0.1, -0.05) is 0 Å². The van der Waals surface area contributed by atoms with Crippen molar-refractivity contribution >= 4 is 41.7 Å². The summed E-state index contributed by atoms with van der Waals surface area (Å²) in [4.78, 5) is 14.7. The third kappa shape index (κ3) is 4.61. The molecule has 0 spiro atoms. The van der Waals surface area contributed by atoms with Gasteiger partial charge in [-0.15, -0.1) is 11.3 Å². The van der Waals surface area contributed by atoms with Gasteiger partial charge in [0.2, 0.25) is 5.75 Å². The van der Waals surface area contributed by atoms with E-state index in [1.807, 2.05) is 18.2 Å². The number of aromatic nitrogens is 1. The van der Waals surface area contributed by atoms with Crippen LogP contribution in [0.15, 0.2) is 12.1 Å². The molecular formula is C17H19NO5S2. The molecule has 134 valence electrons. The highest BCUT2D eigenvalue weighted by atomic mass is 32.1. The van der Waals surface area contributed by atoms with E-state index in [4.69, 9.17) is 31.2 Å². The molecule has 0 atom stereocenters. The molecule has 1 heterocycles. The zero-order chi connectivity index (χ0) is 18.4. The van der Waals surface area contributed by atoms with Gasteiger partial charge in [-0.25, -0.2) is 4.79 Å². The van der Waals surface area contributed by atoms with Crippen LogP contribution in [-0.2, 0) is 9.53 Å². The molecule has 2 aromatic rings. The number of hydrogen-bond donors (Lipinski definition) is 1. The maximum Gasteiger partial charge on any atom is 0.332 e. The molecule has 1 N–H and O–H groups in total. The highest BCUT2D eigenvalue weighted by Gasteiger charge is 2.12. The first kappa shape index (κ1) is 19.0. The van der Waals surface area contributed by atoms with Gasteiger partial charge in [0.05, 0.1) is 37.8 Å². The van der Waals surface area contributed by atoms with Crippen LogP contribution >= 0.6 is 23.6 Å². The lowest BCUT2D eigenvalue weighted by Gasteiger charge is -2.12. The first-order valence-electron chi connectivity index (χ1n) is 7.41. The maximum absolute atomic E-state index is 11.7. The Morgan fingerprint density at radius 1 is 1.20 bits per heavy atom. The molecule has 6 nitrogen and oxygen atoms in total. The average molecular weight is 381 g/mol. The molecule has 1 aromatic heterocycles. The van der Waals surface area contributed by atoms with Crippen molar-refractivity contribution in [2.24, 2.45) is 0 Å². The molecule has 0 aliphatic carbocycles. The fraction of sp³-hybridized carbons (Fsp3) is 0.294. The van der Waals surface area contributed by atoms with Crippen LogP contribution in [0, 0.1) is 3.95 Å². The molecule has 0 unspecified atom stereocenters. The summed E-state index contributed by atoms with van der Waals surface area (Å²) in [5.41, 5.74) is 0.818. The molecule has 0 bridgehead atoms. The Morgan fingerprint density at radius 2 is 1.84 bits per heavy atom. The zero-order valence-corrected chi connectivity index (χ0v) is 16.0. The fourth-order valence-corrected chi connectivity index (χ4v) is 3.36. The summed E-state index contributed by atoms with van der Waals surface area (Å²) in [6, 6.07) is 3.64. The summed E-state index contributed by atoms with van der Waals surface area (Å²) in [6.45, 7) is 2.07. The van der Waals surface area contributed by atoms with E-state index in [1.165, 1.54) is 17.4 Å². The Hall–Kier alpha value is -2.32. The molecule has 0 saturated carbocycles. The van der Waals surface area contributed by atoms with Crippen molar-refractivity contribution in [3.8, 4) is 17.2 Å². The van der Waals surface area contributed by atoms with Crippen molar-refractivity contribution in [3.63, 3.8) is 0 Å². The number of nitrogens with one attached hydrogen (secondary N) is 1. The van der Waals surface area contributed by atoms with Crippen LogP contribution in [0.1, 0.15) is 12.5 Å². The van der Waals surface area contributed by atoms with Crippen molar-refractivity contribution in [2.45, 2.75) is 6.92 Å². The molecule has 0 aliphatic rings. The lowest BCUT2D eigenvalue weighted by atomic mass is 10.1. The van der Waals surface area contributed by atoms with Crippen molar-refractivity contribution in [3.05, 3.63) is 31.5 Å². The predicted molar refractivity (Wildman–Crippen MR) is 99.5 cm³/mol. The second kappa shape index (κ2) is 8.68. The number of benzene rings is 1. The zero-order valence-electron chi connectivity index (χ0n) is 14.4. The number of esters is 1. The van der Waals surface area contributed by atoms with E-state index >= 15 is 0 Å². The van der Waals surface area contributed by atoms with Crippen LogP contribution in [0.5, 0.6) is 17.2 Å². The van der Waals surface area contributed by atoms with Crippen LogP contribution < -0.4 is 24.1 Å². The van der Waals surface area contributed by atoms with Gasteiger partial charge < -0.3 is 23.9 Å². The van der Waals surface area contributed by atoms with Crippen LogP contribution in [-0.4, -0.2) is 38.9 Å². The lowest BCUT2D eigenvalue weighted by molar-refractivity contribution is -0.135. The second-order valence-corrected chi connectivity index (χ2v) is 6.51. The van der Waals surface area contributed by atoms with Gasteiger partial charge in [0.15, 0.2) is 15.5 Å². The van der Waals surface area contributed by atoms with Gasteiger partial charge in [-0.2, -0.15) is 0 Å². The number of H-pyrrole nitrogens is 1. The minimum absolute atomic E-state index is 0.312. The quantitative estimate of drug-likeness (QED) is 0.610. The number of carbonyl (C=O) groups is 1. The Balaban J connectivity index is 2.62. The maximum atomic E-state index is 11.7. The average Bonchev–Trinajstić information content (AvgIpc) is 2.92. The monoisotopic (exact) mass is 381 g/mol. The molecule has 0 saturated heterocycles. The lowest BCUT2D eigenvalue weighted by Crippen LogP contribution is -2.23. The van der Waals surface area contributed by atoms with E-state index in [0.717, 1.165) is 10.1 Å². The standard InChI is InChI=1S/C17H19NO5S2/c1-5-23-15(19)9-11-14(25-17(24)18-11)8-10-6-12(20-2)16(22-4)13(7-10)21-3/h6-9H,5H2,1-4H3,(H,18,24)/b11-9-,14-8-. The van der Waals surface area contributed by atoms with Crippen LogP contribution in [0.3, 0.4) is 0 Å². The van der Waals surface area contributed by atoms with Gasteiger partial charge in [0.25, 0.3) is 0 Å². The minimum atomic E-state index is -0.425. The minimum Gasteiger partial charge on any atom is -0.493 e. The highest BCUT2D eigenvalue weighted by Crippen LogP contribution is 2.38. The summed E-state index contributed by atoms with van der Waals surface area (Å²) in [5, 5.41) is 0.599. The van der Waals surface area contributed by atoms with E-state index in [-0.39, 0.29) is 0 Å². The number of rotatable bonds is 6. The van der Waals surface area contributed by atoms with Gasteiger partial charge >= 0.3 is 5.97 Å². The molecular weight excluding hydrogens is 362 g/mol. The van der Waals surface area contributed by atoms with E-state index in [2.05, 4.69) is 4.98 Å². The van der Waals surface area contributed by atoms with Crippen molar-refractivity contribution in [2.75, 3.05) is 27.9 Å². The number of thiazole rings is 1. The molecule has 8 heteroatoms. The first-order chi connectivity index (χ1) is 12.0.